The average Bonchev–Trinajstić information content (AvgIpc) is 3.31. The number of aryl methyl sites for hydroxylation is 1. The average molecular weight is 414 g/mol. The van der Waals surface area contributed by atoms with Crippen LogP contribution < -0.4 is 4.74 Å². The first-order valence-corrected chi connectivity index (χ1v) is 10.2. The number of halogens is 1. The summed E-state index contributed by atoms with van der Waals surface area (Å²) < 4.78 is 11.8. The smallest absolute Gasteiger partial charge is 0.232 e. The molecular weight excluding hydrogens is 394 g/mol. The van der Waals surface area contributed by atoms with Gasteiger partial charge >= 0.3 is 0 Å². The van der Waals surface area contributed by atoms with E-state index in [-0.39, 0.29) is 0 Å². The fourth-order valence-electron chi connectivity index (χ4n) is 2.93. The number of fused-ring (bicyclic) bond motifs is 1. The van der Waals surface area contributed by atoms with Crippen LogP contribution >= 0.6 is 22.9 Å². The Hall–Kier alpha value is -2.41. The van der Waals surface area contributed by atoms with Crippen LogP contribution in [0.25, 0.3) is 33.1 Å². The summed E-state index contributed by atoms with van der Waals surface area (Å²) in [5.41, 5.74) is 2.38. The van der Waals surface area contributed by atoms with E-state index in [9.17, 15) is 0 Å². The Morgan fingerprint density at radius 1 is 1.14 bits per heavy atom. The Labute approximate surface area is 172 Å². The fraction of sp³-hybridized carbons (Fsp3) is 0.238. The summed E-state index contributed by atoms with van der Waals surface area (Å²) in [7, 11) is 4.05. The number of ether oxygens (including phenoxy) is 1. The van der Waals surface area contributed by atoms with Gasteiger partial charge < -0.3 is 14.1 Å². The summed E-state index contributed by atoms with van der Waals surface area (Å²) in [4.78, 5) is 12.1. The Balaban J connectivity index is 1.65. The Kier molecular flexibility index (Phi) is 5.35. The van der Waals surface area contributed by atoms with Crippen LogP contribution in [0.3, 0.4) is 0 Å². The maximum atomic E-state index is 6.46. The van der Waals surface area contributed by atoms with E-state index in [1.54, 1.807) is 11.3 Å². The minimum Gasteiger partial charge on any atom is -0.492 e. The summed E-state index contributed by atoms with van der Waals surface area (Å²) in [6.07, 6.45) is 0. The third-order valence-corrected chi connectivity index (χ3v) is 5.55. The van der Waals surface area contributed by atoms with E-state index in [1.165, 1.54) is 0 Å². The van der Waals surface area contributed by atoms with Crippen molar-refractivity contribution < 1.29 is 9.15 Å². The van der Waals surface area contributed by atoms with Gasteiger partial charge in [-0.05, 0) is 56.7 Å². The lowest BCUT2D eigenvalue weighted by Gasteiger charge is -2.11. The predicted molar refractivity (Wildman–Crippen MR) is 114 cm³/mol. The third kappa shape index (κ3) is 3.76. The van der Waals surface area contributed by atoms with Gasteiger partial charge in [-0.15, -0.1) is 11.3 Å². The quantitative estimate of drug-likeness (QED) is 0.389. The summed E-state index contributed by atoms with van der Waals surface area (Å²) >= 11 is 8.03. The van der Waals surface area contributed by atoms with Gasteiger partial charge in [0.05, 0.1) is 10.3 Å². The molecule has 0 amide bonds. The van der Waals surface area contributed by atoms with E-state index < -0.39 is 0 Å². The standard InChI is InChI=1S/C21H20ClN3O2S/c1-13-17-19(22)23-20(16-5-4-12-28-16)24-21(17)27-18(13)14-6-8-15(9-7-14)26-11-10-25(2)3/h4-9,12H,10-11H2,1-3H3. The molecule has 7 heteroatoms. The second-order valence-electron chi connectivity index (χ2n) is 6.73. The van der Waals surface area contributed by atoms with E-state index in [2.05, 4.69) is 14.9 Å². The first-order valence-electron chi connectivity index (χ1n) is 8.91. The highest BCUT2D eigenvalue weighted by Crippen LogP contribution is 2.37. The minimum absolute atomic E-state index is 0.407. The molecule has 0 radical (unpaired) electrons. The molecule has 28 heavy (non-hydrogen) atoms. The van der Waals surface area contributed by atoms with Crippen LogP contribution in [-0.2, 0) is 0 Å². The van der Waals surface area contributed by atoms with Crippen molar-refractivity contribution in [2.24, 2.45) is 0 Å². The Morgan fingerprint density at radius 3 is 2.61 bits per heavy atom. The fourth-order valence-corrected chi connectivity index (χ4v) is 3.89. The van der Waals surface area contributed by atoms with E-state index in [1.807, 2.05) is 62.8 Å². The third-order valence-electron chi connectivity index (χ3n) is 4.41. The second-order valence-corrected chi connectivity index (χ2v) is 8.03. The van der Waals surface area contributed by atoms with Crippen LogP contribution in [0.2, 0.25) is 5.15 Å². The molecular formula is C21H20ClN3O2S. The number of thiophene rings is 1. The topological polar surface area (TPSA) is 51.4 Å². The summed E-state index contributed by atoms with van der Waals surface area (Å²) in [5, 5.41) is 3.14. The molecule has 4 aromatic rings. The summed E-state index contributed by atoms with van der Waals surface area (Å²) in [6.45, 7) is 3.49. The molecule has 0 bridgehead atoms. The second kappa shape index (κ2) is 7.91. The van der Waals surface area contributed by atoms with Crippen molar-refractivity contribution in [3.05, 3.63) is 52.5 Å². The van der Waals surface area contributed by atoms with E-state index >= 15 is 0 Å². The lowest BCUT2D eigenvalue weighted by molar-refractivity contribution is 0.261. The number of hydrogen-bond acceptors (Lipinski definition) is 6. The van der Waals surface area contributed by atoms with Crippen molar-refractivity contribution in [3.8, 4) is 27.8 Å². The molecule has 0 atom stereocenters. The summed E-state index contributed by atoms with van der Waals surface area (Å²) in [5.74, 6) is 2.16. The van der Waals surface area contributed by atoms with E-state index in [0.29, 0.717) is 23.3 Å². The molecule has 3 aromatic heterocycles. The number of likely N-dealkylation sites (N-methyl/N-ethyl adjacent to an activating group) is 1. The van der Waals surface area contributed by atoms with Crippen LogP contribution in [0.4, 0.5) is 0 Å². The van der Waals surface area contributed by atoms with Crippen LogP contribution in [0.1, 0.15) is 5.56 Å². The van der Waals surface area contributed by atoms with Gasteiger partial charge in [0.25, 0.3) is 0 Å². The zero-order valence-electron chi connectivity index (χ0n) is 15.9. The van der Waals surface area contributed by atoms with Gasteiger partial charge in [0.2, 0.25) is 5.71 Å². The molecule has 0 spiro atoms. The molecule has 0 N–H and O–H groups in total. The first-order chi connectivity index (χ1) is 13.5. The Bertz CT molecular complexity index is 1090. The molecule has 0 saturated heterocycles. The van der Waals surface area contributed by atoms with Crippen LogP contribution in [0.5, 0.6) is 5.75 Å². The zero-order chi connectivity index (χ0) is 19.7. The van der Waals surface area contributed by atoms with E-state index in [0.717, 1.165) is 39.4 Å². The van der Waals surface area contributed by atoms with Gasteiger partial charge in [0.15, 0.2) is 5.82 Å². The van der Waals surface area contributed by atoms with Crippen LogP contribution in [-0.4, -0.2) is 42.1 Å². The maximum absolute atomic E-state index is 6.46. The van der Waals surface area contributed by atoms with Gasteiger partial charge in [0.1, 0.15) is 23.3 Å². The first kappa shape index (κ1) is 18.9. The van der Waals surface area contributed by atoms with Crippen LogP contribution in [0, 0.1) is 6.92 Å². The zero-order valence-corrected chi connectivity index (χ0v) is 17.5. The predicted octanol–water partition coefficient (Wildman–Crippen LogP) is 5.52. The molecule has 1 aromatic carbocycles. The molecule has 0 aliphatic carbocycles. The van der Waals surface area contributed by atoms with Crippen molar-refractivity contribution in [1.29, 1.82) is 0 Å². The van der Waals surface area contributed by atoms with Crippen molar-refractivity contribution in [2.45, 2.75) is 6.92 Å². The normalized spacial score (nSPS) is 11.5. The van der Waals surface area contributed by atoms with Gasteiger partial charge in [-0.2, -0.15) is 4.98 Å². The molecule has 0 fully saturated rings. The van der Waals surface area contributed by atoms with Crippen molar-refractivity contribution in [1.82, 2.24) is 14.9 Å². The number of furan rings is 1. The highest BCUT2D eigenvalue weighted by atomic mass is 35.5. The molecule has 5 nitrogen and oxygen atoms in total. The molecule has 3 heterocycles. The number of rotatable bonds is 6. The van der Waals surface area contributed by atoms with Crippen molar-refractivity contribution >= 4 is 34.0 Å². The lowest BCUT2D eigenvalue weighted by Crippen LogP contribution is -2.19. The van der Waals surface area contributed by atoms with Gasteiger partial charge in [0, 0.05) is 17.7 Å². The summed E-state index contributed by atoms with van der Waals surface area (Å²) in [6, 6.07) is 11.8. The maximum Gasteiger partial charge on any atom is 0.232 e. The number of nitrogens with zero attached hydrogens (tertiary/aromatic N) is 3. The molecule has 0 unspecified atom stereocenters. The number of aromatic nitrogens is 2. The van der Waals surface area contributed by atoms with Gasteiger partial charge in [-0.25, -0.2) is 4.98 Å². The SMILES string of the molecule is Cc1c(-c2ccc(OCCN(C)C)cc2)oc2nc(-c3cccs3)nc(Cl)c12. The minimum atomic E-state index is 0.407. The van der Waals surface area contributed by atoms with Crippen molar-refractivity contribution in [3.63, 3.8) is 0 Å². The number of hydrogen-bond donors (Lipinski definition) is 0. The largest absolute Gasteiger partial charge is 0.492 e. The highest BCUT2D eigenvalue weighted by molar-refractivity contribution is 7.13. The molecule has 0 aliphatic heterocycles. The highest BCUT2D eigenvalue weighted by Gasteiger charge is 2.19. The van der Waals surface area contributed by atoms with Gasteiger partial charge in [-0.1, -0.05) is 17.7 Å². The molecule has 0 aliphatic rings. The van der Waals surface area contributed by atoms with Gasteiger partial charge in [-0.3, -0.25) is 0 Å². The Morgan fingerprint density at radius 2 is 1.93 bits per heavy atom. The lowest BCUT2D eigenvalue weighted by atomic mass is 10.1. The monoisotopic (exact) mass is 413 g/mol. The number of benzene rings is 1. The van der Waals surface area contributed by atoms with Crippen LogP contribution in [0.15, 0.2) is 46.2 Å². The van der Waals surface area contributed by atoms with Crippen molar-refractivity contribution in [2.75, 3.05) is 27.2 Å². The van der Waals surface area contributed by atoms with E-state index in [4.69, 9.17) is 20.8 Å². The molecule has 4 rings (SSSR count). The molecule has 0 saturated carbocycles. The molecule has 144 valence electrons.